The summed E-state index contributed by atoms with van der Waals surface area (Å²) in [4.78, 5) is 5.01. The molecule has 0 aliphatic carbocycles. The molecule has 0 atom stereocenters. The maximum Gasteiger partial charge on any atom is 0.157 e. The average molecular weight is 528 g/mol. The van der Waals surface area contributed by atoms with Crippen LogP contribution < -0.4 is 14.9 Å². The van der Waals surface area contributed by atoms with Crippen molar-refractivity contribution in [3.63, 3.8) is 0 Å². The molecule has 1 nitrogen and oxygen atoms in total. The van der Waals surface area contributed by atoms with Crippen LogP contribution in [0.3, 0.4) is 0 Å². The van der Waals surface area contributed by atoms with Crippen LogP contribution in [0.25, 0.3) is 32.1 Å². The average Bonchev–Trinajstić information content (AvgIpc) is 3.29. The normalized spacial score (nSPS) is 12.3. The predicted molar refractivity (Wildman–Crippen MR) is 169 cm³/mol. The van der Waals surface area contributed by atoms with Crippen LogP contribution in [0.2, 0.25) is 6.55 Å². The summed E-state index contributed by atoms with van der Waals surface area (Å²) >= 11 is 1.96. The van der Waals surface area contributed by atoms with E-state index >= 15 is 0 Å². The molecule has 38 heavy (non-hydrogen) atoms. The SMILES string of the molecule is Cc1c([Si](C)(c2ccccc2)c2ccccc2)sc2c(-c3cc(C(C)(C)C)c4ccccc4c3)nccc12. The fourth-order valence-electron chi connectivity index (χ4n) is 5.87. The topological polar surface area (TPSA) is 12.9 Å². The third-order valence-corrected chi connectivity index (χ3v) is 14.9. The molecule has 0 saturated carbocycles. The second kappa shape index (κ2) is 9.34. The molecule has 0 fully saturated rings. The number of thiophene rings is 1. The lowest BCUT2D eigenvalue weighted by molar-refractivity contribution is 0.596. The Morgan fingerprint density at radius 3 is 1.95 bits per heavy atom. The Balaban J connectivity index is 1.63. The highest BCUT2D eigenvalue weighted by Crippen LogP contribution is 2.38. The van der Waals surface area contributed by atoms with E-state index in [0.717, 1.165) is 5.69 Å². The van der Waals surface area contributed by atoms with Gasteiger partial charge in [-0.25, -0.2) is 0 Å². The van der Waals surface area contributed by atoms with Crippen molar-refractivity contribution >= 4 is 55.1 Å². The van der Waals surface area contributed by atoms with Crippen molar-refractivity contribution in [3.8, 4) is 11.3 Å². The lowest BCUT2D eigenvalue weighted by atomic mass is 9.82. The van der Waals surface area contributed by atoms with Gasteiger partial charge in [-0.3, -0.25) is 4.98 Å². The molecule has 188 valence electrons. The smallest absolute Gasteiger partial charge is 0.157 e. The molecule has 0 unspecified atom stereocenters. The summed E-state index contributed by atoms with van der Waals surface area (Å²) in [7, 11) is -2.22. The molecule has 2 heterocycles. The largest absolute Gasteiger partial charge is 0.255 e. The number of benzene rings is 4. The van der Waals surface area contributed by atoms with Gasteiger partial charge in [0.15, 0.2) is 8.07 Å². The number of rotatable bonds is 4. The molecule has 0 N–H and O–H groups in total. The molecule has 0 amide bonds. The highest BCUT2D eigenvalue weighted by molar-refractivity contribution is 7.36. The van der Waals surface area contributed by atoms with E-state index in [1.807, 2.05) is 17.5 Å². The summed E-state index contributed by atoms with van der Waals surface area (Å²) in [5.41, 5.74) is 5.09. The summed E-state index contributed by atoms with van der Waals surface area (Å²) in [6.45, 7) is 11.7. The van der Waals surface area contributed by atoms with E-state index in [9.17, 15) is 0 Å². The predicted octanol–water partition coefficient (Wildman–Crippen LogP) is 7.82. The van der Waals surface area contributed by atoms with Crippen molar-refractivity contribution in [3.05, 3.63) is 120 Å². The second-order valence-corrected chi connectivity index (χ2v) is 16.7. The molecule has 0 aliphatic rings. The zero-order valence-corrected chi connectivity index (χ0v) is 24.6. The number of hydrogen-bond acceptors (Lipinski definition) is 2. The summed E-state index contributed by atoms with van der Waals surface area (Å²) in [6, 6.07) is 37.9. The molecule has 0 aliphatic heterocycles. The number of fused-ring (bicyclic) bond motifs is 2. The molecule has 6 rings (SSSR count). The van der Waals surface area contributed by atoms with Gasteiger partial charge < -0.3 is 0 Å². The van der Waals surface area contributed by atoms with Crippen LogP contribution in [-0.2, 0) is 5.41 Å². The zero-order valence-electron chi connectivity index (χ0n) is 22.7. The number of aryl methyl sites for hydroxylation is 1. The number of hydrogen-bond donors (Lipinski definition) is 0. The Kier molecular flexibility index (Phi) is 6.09. The molecule has 6 aromatic rings. The third-order valence-electron chi connectivity index (χ3n) is 7.95. The van der Waals surface area contributed by atoms with Crippen LogP contribution in [0.15, 0.2) is 109 Å². The molecular formula is C35H33NSSi. The standard InChI is InChI=1S/C35H33NSSi/c1-24-29-20-21-36-32(26-22-25-14-12-13-19-30(25)31(23-26)35(2,3)4)33(29)37-34(24)38(5,27-15-8-6-9-16-27)28-17-10-7-11-18-28/h6-23H,1-5H3. The molecule has 4 aromatic carbocycles. The van der Waals surface area contributed by atoms with Crippen LogP contribution in [0.5, 0.6) is 0 Å². The van der Waals surface area contributed by atoms with Gasteiger partial charge in [0.05, 0.1) is 10.4 Å². The monoisotopic (exact) mass is 527 g/mol. The molecule has 0 spiro atoms. The zero-order chi connectivity index (χ0) is 26.5. The van der Waals surface area contributed by atoms with Crippen molar-refractivity contribution in [1.82, 2.24) is 4.98 Å². The van der Waals surface area contributed by atoms with E-state index in [2.05, 4.69) is 137 Å². The van der Waals surface area contributed by atoms with E-state index in [-0.39, 0.29) is 5.41 Å². The lowest BCUT2D eigenvalue weighted by Gasteiger charge is -2.28. The van der Waals surface area contributed by atoms with Crippen LogP contribution in [0.4, 0.5) is 0 Å². The van der Waals surface area contributed by atoms with Gasteiger partial charge in [-0.15, -0.1) is 11.3 Å². The van der Waals surface area contributed by atoms with Gasteiger partial charge in [0.2, 0.25) is 0 Å². The maximum absolute atomic E-state index is 5.01. The van der Waals surface area contributed by atoms with Gasteiger partial charge in [0.1, 0.15) is 0 Å². The summed E-state index contributed by atoms with van der Waals surface area (Å²) in [6.07, 6.45) is 2.00. The first kappa shape index (κ1) is 24.8. The van der Waals surface area contributed by atoms with Crippen molar-refractivity contribution < 1.29 is 0 Å². The Bertz CT molecular complexity index is 1720. The Labute approximate surface area is 230 Å². The van der Waals surface area contributed by atoms with E-state index in [1.54, 1.807) is 0 Å². The minimum atomic E-state index is -2.22. The highest BCUT2D eigenvalue weighted by atomic mass is 32.1. The summed E-state index contributed by atoms with van der Waals surface area (Å²) < 4.78 is 2.80. The van der Waals surface area contributed by atoms with Gasteiger partial charge in [-0.1, -0.05) is 112 Å². The molecule has 0 bridgehead atoms. The highest BCUT2D eigenvalue weighted by Gasteiger charge is 2.37. The fraction of sp³-hybridized carbons (Fsp3) is 0.171. The third kappa shape index (κ3) is 4.02. The Hall–Kier alpha value is -3.53. The van der Waals surface area contributed by atoms with E-state index in [4.69, 9.17) is 4.98 Å². The van der Waals surface area contributed by atoms with Crippen LogP contribution >= 0.6 is 11.3 Å². The van der Waals surface area contributed by atoms with Gasteiger partial charge in [-0.05, 0) is 68.2 Å². The number of nitrogens with zero attached hydrogens (tertiary/aromatic N) is 1. The Morgan fingerprint density at radius 2 is 1.32 bits per heavy atom. The van der Waals surface area contributed by atoms with Crippen LogP contribution in [0.1, 0.15) is 31.9 Å². The quantitative estimate of drug-likeness (QED) is 0.213. The first-order valence-electron chi connectivity index (χ1n) is 13.3. The van der Waals surface area contributed by atoms with Crippen molar-refractivity contribution in [2.45, 2.75) is 39.7 Å². The Morgan fingerprint density at radius 1 is 0.711 bits per heavy atom. The van der Waals surface area contributed by atoms with Crippen LogP contribution in [-0.4, -0.2) is 13.1 Å². The van der Waals surface area contributed by atoms with Gasteiger partial charge in [-0.2, -0.15) is 0 Å². The molecule has 0 saturated heterocycles. The second-order valence-electron chi connectivity index (χ2n) is 11.4. The molecule has 0 radical (unpaired) electrons. The van der Waals surface area contributed by atoms with Crippen molar-refractivity contribution in [2.75, 3.05) is 0 Å². The van der Waals surface area contributed by atoms with Gasteiger partial charge >= 0.3 is 0 Å². The molecule has 3 heteroatoms. The fourth-order valence-corrected chi connectivity index (χ4v) is 12.2. The minimum Gasteiger partial charge on any atom is -0.255 e. The number of aromatic nitrogens is 1. The maximum atomic E-state index is 5.01. The molecule has 2 aromatic heterocycles. The first-order valence-corrected chi connectivity index (χ1v) is 16.6. The van der Waals surface area contributed by atoms with Gasteiger partial charge in [0, 0.05) is 16.3 Å². The minimum absolute atomic E-state index is 0.0339. The van der Waals surface area contributed by atoms with E-state index in [0.29, 0.717) is 0 Å². The van der Waals surface area contributed by atoms with Gasteiger partial charge in [0.25, 0.3) is 0 Å². The summed E-state index contributed by atoms with van der Waals surface area (Å²) in [5.74, 6) is 0. The lowest BCUT2D eigenvalue weighted by Crippen LogP contribution is -2.64. The van der Waals surface area contributed by atoms with Crippen molar-refractivity contribution in [2.24, 2.45) is 0 Å². The molecular weight excluding hydrogens is 495 g/mol. The number of pyridine rings is 1. The van der Waals surface area contributed by atoms with E-state index < -0.39 is 8.07 Å². The van der Waals surface area contributed by atoms with Crippen molar-refractivity contribution in [1.29, 1.82) is 0 Å². The first-order chi connectivity index (χ1) is 18.3. The van der Waals surface area contributed by atoms with Crippen LogP contribution in [0, 0.1) is 6.92 Å². The van der Waals surface area contributed by atoms with E-state index in [1.165, 1.54) is 52.4 Å². The summed E-state index contributed by atoms with van der Waals surface area (Å²) in [5, 5.41) is 6.81.